The molecule has 0 saturated carbocycles. The molecule has 0 radical (unpaired) electrons. The van der Waals surface area contributed by atoms with Gasteiger partial charge < -0.3 is 25.5 Å². The molecule has 0 fully saturated rings. The fraction of sp³-hybridized carbons (Fsp3) is 0.385. The van der Waals surface area contributed by atoms with Crippen LogP contribution in [0.25, 0.3) is 0 Å². The maximum absolute atomic E-state index is 11.7. The summed E-state index contributed by atoms with van der Waals surface area (Å²) in [6.07, 6.45) is -0.308. The summed E-state index contributed by atoms with van der Waals surface area (Å²) in [7, 11) is -4.33. The molecule has 122 valence electrons. The van der Waals surface area contributed by atoms with E-state index in [0.717, 1.165) is 5.56 Å². The lowest BCUT2D eigenvalue weighted by Crippen LogP contribution is -2.49. The molecule has 8 nitrogen and oxygen atoms in total. The van der Waals surface area contributed by atoms with Crippen molar-refractivity contribution in [2.45, 2.75) is 25.4 Å². The first-order chi connectivity index (χ1) is 10.2. The number of hydrogen-bond donors (Lipinski definition) is 5. The molecule has 0 saturated heterocycles. The number of urea groups is 1. The van der Waals surface area contributed by atoms with Gasteiger partial charge in [-0.1, -0.05) is 30.3 Å². The molecule has 0 aliphatic heterocycles. The van der Waals surface area contributed by atoms with Crippen LogP contribution in [0, 0.1) is 0 Å². The van der Waals surface area contributed by atoms with Gasteiger partial charge in [0.1, 0.15) is 6.04 Å². The van der Waals surface area contributed by atoms with Crippen LogP contribution < -0.4 is 10.6 Å². The van der Waals surface area contributed by atoms with Crippen LogP contribution in [-0.2, 0) is 15.8 Å². The Morgan fingerprint density at radius 3 is 2.27 bits per heavy atom. The van der Waals surface area contributed by atoms with Gasteiger partial charge in [-0.3, -0.25) is 9.36 Å². The summed E-state index contributed by atoms with van der Waals surface area (Å²) in [5, 5.41) is 13.3. The molecular formula is C13H19N2O6P. The Morgan fingerprint density at radius 1 is 1.18 bits per heavy atom. The molecule has 2 amide bonds. The molecule has 0 spiro atoms. The zero-order valence-electron chi connectivity index (χ0n) is 12.0. The number of aliphatic carboxylic acids is 1. The van der Waals surface area contributed by atoms with Gasteiger partial charge in [0, 0.05) is 6.04 Å². The molecule has 0 aliphatic rings. The van der Waals surface area contributed by atoms with E-state index in [4.69, 9.17) is 14.9 Å². The average Bonchev–Trinajstić information content (AvgIpc) is 2.37. The molecule has 1 aromatic carbocycles. The van der Waals surface area contributed by atoms with Gasteiger partial charge in [0.2, 0.25) is 0 Å². The van der Waals surface area contributed by atoms with E-state index in [1.165, 1.54) is 6.92 Å². The smallest absolute Gasteiger partial charge is 0.327 e. The predicted molar refractivity (Wildman–Crippen MR) is 79.6 cm³/mol. The average molecular weight is 330 g/mol. The number of carbonyl (C=O) groups is 2. The normalized spacial score (nSPS) is 14.0. The molecule has 1 rings (SSSR count). The first-order valence-corrected chi connectivity index (χ1v) is 8.35. The number of benzene rings is 1. The third-order valence-electron chi connectivity index (χ3n) is 2.84. The second-order valence-corrected chi connectivity index (χ2v) is 6.61. The van der Waals surface area contributed by atoms with E-state index in [9.17, 15) is 14.2 Å². The highest BCUT2D eigenvalue weighted by atomic mass is 31.2. The second-order valence-electron chi connectivity index (χ2n) is 4.91. The first kappa shape index (κ1) is 18.2. The molecular weight excluding hydrogens is 311 g/mol. The van der Waals surface area contributed by atoms with E-state index in [1.807, 2.05) is 0 Å². The Balaban J connectivity index is 2.72. The minimum absolute atomic E-state index is 0.223. The standard InChI is InChI=1S/C13H19N2O6P/c1-9(12(16)17)14-13(18)15-11(8-22(19,20)21)7-10-5-3-2-4-6-10/h2-6,9,11H,7-8H2,1H3,(H,16,17)(H2,14,15,18)(H2,19,20,21)/t9-,11?/m0/s1. The number of amides is 2. The van der Waals surface area contributed by atoms with Crippen molar-refractivity contribution in [3.63, 3.8) is 0 Å². The number of nitrogens with one attached hydrogen (secondary N) is 2. The predicted octanol–water partition coefficient (Wildman–Crippen LogP) is 0.548. The highest BCUT2D eigenvalue weighted by Crippen LogP contribution is 2.35. The van der Waals surface area contributed by atoms with Gasteiger partial charge in [0.05, 0.1) is 6.16 Å². The van der Waals surface area contributed by atoms with E-state index >= 15 is 0 Å². The maximum Gasteiger partial charge on any atom is 0.327 e. The molecule has 0 aromatic heterocycles. The van der Waals surface area contributed by atoms with Crippen LogP contribution in [0.15, 0.2) is 30.3 Å². The number of hydrogen-bond acceptors (Lipinski definition) is 3. The van der Waals surface area contributed by atoms with Crippen molar-refractivity contribution in [2.75, 3.05) is 6.16 Å². The zero-order chi connectivity index (χ0) is 16.8. The second kappa shape index (κ2) is 7.93. The Labute approximate surface area is 127 Å². The summed E-state index contributed by atoms with van der Waals surface area (Å²) in [6, 6.07) is 6.18. The summed E-state index contributed by atoms with van der Waals surface area (Å²) in [5.41, 5.74) is 0.799. The molecule has 0 heterocycles. The van der Waals surface area contributed by atoms with Crippen molar-refractivity contribution in [3.8, 4) is 0 Å². The fourth-order valence-corrected chi connectivity index (χ4v) is 2.63. The fourth-order valence-electron chi connectivity index (χ4n) is 1.83. The largest absolute Gasteiger partial charge is 0.480 e. The van der Waals surface area contributed by atoms with Gasteiger partial charge in [0.25, 0.3) is 0 Å². The number of rotatable bonds is 7. The van der Waals surface area contributed by atoms with Crippen molar-refractivity contribution >= 4 is 19.6 Å². The molecule has 1 aromatic rings. The zero-order valence-corrected chi connectivity index (χ0v) is 12.9. The lowest BCUT2D eigenvalue weighted by atomic mass is 10.1. The van der Waals surface area contributed by atoms with Crippen LogP contribution in [0.4, 0.5) is 4.79 Å². The third kappa shape index (κ3) is 7.21. The molecule has 9 heteroatoms. The Kier molecular flexibility index (Phi) is 6.55. The van der Waals surface area contributed by atoms with Gasteiger partial charge in [0.15, 0.2) is 0 Å². The van der Waals surface area contributed by atoms with Crippen molar-refractivity contribution in [1.82, 2.24) is 10.6 Å². The third-order valence-corrected chi connectivity index (χ3v) is 3.75. The number of carboxylic acids is 1. The van der Waals surface area contributed by atoms with Crippen LogP contribution in [0.5, 0.6) is 0 Å². The van der Waals surface area contributed by atoms with Crippen molar-refractivity contribution in [3.05, 3.63) is 35.9 Å². The molecule has 5 N–H and O–H groups in total. The lowest BCUT2D eigenvalue weighted by Gasteiger charge is -2.20. The van der Waals surface area contributed by atoms with E-state index in [2.05, 4.69) is 10.6 Å². The summed E-state index contributed by atoms with van der Waals surface area (Å²) in [4.78, 5) is 40.6. The van der Waals surface area contributed by atoms with Crippen LogP contribution in [0.3, 0.4) is 0 Å². The van der Waals surface area contributed by atoms with Gasteiger partial charge in [-0.05, 0) is 18.9 Å². The van der Waals surface area contributed by atoms with E-state index in [1.54, 1.807) is 30.3 Å². The lowest BCUT2D eigenvalue weighted by molar-refractivity contribution is -0.138. The minimum atomic E-state index is -4.33. The SMILES string of the molecule is C[C@H](NC(=O)NC(Cc1ccccc1)CP(=O)(O)O)C(=O)O. The Hall–Kier alpha value is -1.89. The Morgan fingerprint density at radius 2 is 1.77 bits per heavy atom. The van der Waals surface area contributed by atoms with Crippen molar-refractivity contribution in [1.29, 1.82) is 0 Å². The van der Waals surface area contributed by atoms with Gasteiger partial charge in [-0.15, -0.1) is 0 Å². The van der Waals surface area contributed by atoms with E-state index < -0.39 is 37.8 Å². The summed E-state index contributed by atoms with van der Waals surface area (Å²) in [5.74, 6) is -1.20. The highest BCUT2D eigenvalue weighted by molar-refractivity contribution is 7.51. The van der Waals surface area contributed by atoms with Gasteiger partial charge >= 0.3 is 19.6 Å². The van der Waals surface area contributed by atoms with E-state index in [-0.39, 0.29) is 6.42 Å². The molecule has 1 unspecified atom stereocenters. The summed E-state index contributed by atoms with van der Waals surface area (Å²) in [6.45, 7) is 1.29. The minimum Gasteiger partial charge on any atom is -0.480 e. The van der Waals surface area contributed by atoms with Crippen LogP contribution >= 0.6 is 7.60 Å². The molecule has 0 aliphatic carbocycles. The van der Waals surface area contributed by atoms with Gasteiger partial charge in [-0.2, -0.15) is 0 Å². The molecule has 0 bridgehead atoms. The quantitative estimate of drug-likeness (QED) is 0.463. The van der Waals surface area contributed by atoms with E-state index in [0.29, 0.717) is 0 Å². The molecule has 22 heavy (non-hydrogen) atoms. The molecule has 2 atom stereocenters. The Bertz CT molecular complexity index is 559. The summed E-state index contributed by atoms with van der Waals surface area (Å²) < 4.78 is 11.2. The summed E-state index contributed by atoms with van der Waals surface area (Å²) >= 11 is 0. The maximum atomic E-state index is 11.7. The van der Waals surface area contributed by atoms with Crippen LogP contribution in [-0.4, -0.2) is 45.1 Å². The van der Waals surface area contributed by atoms with Crippen molar-refractivity contribution < 1.29 is 29.0 Å². The van der Waals surface area contributed by atoms with Gasteiger partial charge in [-0.25, -0.2) is 4.79 Å². The monoisotopic (exact) mass is 330 g/mol. The topological polar surface area (TPSA) is 136 Å². The highest BCUT2D eigenvalue weighted by Gasteiger charge is 2.24. The van der Waals surface area contributed by atoms with Crippen LogP contribution in [0.2, 0.25) is 0 Å². The van der Waals surface area contributed by atoms with Crippen LogP contribution in [0.1, 0.15) is 12.5 Å². The number of carbonyl (C=O) groups excluding carboxylic acids is 1. The first-order valence-electron chi connectivity index (χ1n) is 6.55. The van der Waals surface area contributed by atoms with Crippen molar-refractivity contribution in [2.24, 2.45) is 0 Å². The number of carboxylic acid groups (broad SMARTS) is 1.